The molecule has 1 heterocycles. The van der Waals surface area contributed by atoms with Crippen molar-refractivity contribution in [2.45, 2.75) is 19.4 Å². The molecule has 0 aliphatic carbocycles. The standard InChI is InChI=1S/C10H11NO2/c1-6-4-8-5-7(10(12)13)2-3-9(8)11-6/h2-3,5-6,11H,4H2,1H3,(H,12,13)/t6-/m0/s1. The van der Waals surface area contributed by atoms with E-state index in [0.29, 0.717) is 11.6 Å². The largest absolute Gasteiger partial charge is 0.478 e. The van der Waals surface area contributed by atoms with E-state index in [1.807, 2.05) is 6.07 Å². The van der Waals surface area contributed by atoms with Gasteiger partial charge in [0.2, 0.25) is 0 Å². The minimum atomic E-state index is -0.859. The second-order valence-electron chi connectivity index (χ2n) is 3.43. The second-order valence-corrected chi connectivity index (χ2v) is 3.43. The van der Waals surface area contributed by atoms with Gasteiger partial charge in [-0.15, -0.1) is 0 Å². The maximum atomic E-state index is 10.7. The molecule has 0 unspecified atom stereocenters. The maximum absolute atomic E-state index is 10.7. The zero-order valence-corrected chi connectivity index (χ0v) is 7.37. The van der Waals surface area contributed by atoms with Gasteiger partial charge in [0.05, 0.1) is 5.56 Å². The topological polar surface area (TPSA) is 49.3 Å². The molecule has 0 saturated heterocycles. The molecule has 1 aliphatic heterocycles. The summed E-state index contributed by atoms with van der Waals surface area (Å²) in [5.41, 5.74) is 2.54. The first-order valence-corrected chi connectivity index (χ1v) is 4.29. The SMILES string of the molecule is C[C@H]1Cc2cc(C(=O)O)ccc2N1. The predicted octanol–water partition coefficient (Wildman–Crippen LogP) is 1.74. The lowest BCUT2D eigenvalue weighted by Gasteiger charge is -2.01. The monoisotopic (exact) mass is 177 g/mol. The Morgan fingerprint density at radius 2 is 2.38 bits per heavy atom. The number of nitrogens with one attached hydrogen (secondary N) is 1. The number of carbonyl (C=O) groups is 1. The van der Waals surface area contributed by atoms with Crippen LogP contribution in [0.2, 0.25) is 0 Å². The van der Waals surface area contributed by atoms with Crippen LogP contribution >= 0.6 is 0 Å². The minimum Gasteiger partial charge on any atom is -0.478 e. The highest BCUT2D eigenvalue weighted by Crippen LogP contribution is 2.26. The summed E-state index contributed by atoms with van der Waals surface area (Å²) < 4.78 is 0. The number of hydrogen-bond acceptors (Lipinski definition) is 2. The van der Waals surface area contributed by atoms with Gasteiger partial charge in [-0.3, -0.25) is 0 Å². The molecule has 0 amide bonds. The van der Waals surface area contributed by atoms with Gasteiger partial charge in [0.1, 0.15) is 0 Å². The van der Waals surface area contributed by atoms with Crippen molar-refractivity contribution in [2.24, 2.45) is 0 Å². The van der Waals surface area contributed by atoms with Crippen molar-refractivity contribution < 1.29 is 9.90 Å². The molecule has 0 spiro atoms. The molecular weight excluding hydrogens is 166 g/mol. The molecule has 68 valence electrons. The number of benzene rings is 1. The minimum absolute atomic E-state index is 0.370. The van der Waals surface area contributed by atoms with Gasteiger partial charge in [0.15, 0.2) is 0 Å². The Morgan fingerprint density at radius 1 is 1.62 bits per heavy atom. The second kappa shape index (κ2) is 2.76. The molecule has 0 bridgehead atoms. The highest BCUT2D eigenvalue weighted by atomic mass is 16.4. The first kappa shape index (κ1) is 8.10. The van der Waals surface area contributed by atoms with Crippen LogP contribution in [0.15, 0.2) is 18.2 Å². The molecule has 13 heavy (non-hydrogen) atoms. The Labute approximate surface area is 76.4 Å². The zero-order valence-electron chi connectivity index (χ0n) is 7.37. The molecule has 0 radical (unpaired) electrons. The molecule has 3 nitrogen and oxygen atoms in total. The van der Waals surface area contributed by atoms with E-state index in [4.69, 9.17) is 5.11 Å². The van der Waals surface area contributed by atoms with Crippen molar-refractivity contribution in [3.8, 4) is 0 Å². The molecule has 0 saturated carbocycles. The summed E-state index contributed by atoms with van der Waals surface area (Å²) in [7, 11) is 0. The Hall–Kier alpha value is -1.51. The molecule has 3 heteroatoms. The highest BCUT2D eigenvalue weighted by Gasteiger charge is 2.17. The maximum Gasteiger partial charge on any atom is 0.335 e. The van der Waals surface area contributed by atoms with E-state index in [1.54, 1.807) is 12.1 Å². The lowest BCUT2D eigenvalue weighted by atomic mass is 10.1. The van der Waals surface area contributed by atoms with Gasteiger partial charge in [-0.05, 0) is 37.1 Å². The van der Waals surface area contributed by atoms with Gasteiger partial charge in [-0.2, -0.15) is 0 Å². The summed E-state index contributed by atoms with van der Waals surface area (Å²) in [6.07, 6.45) is 0.913. The molecule has 0 fully saturated rings. The van der Waals surface area contributed by atoms with Crippen molar-refractivity contribution in [1.82, 2.24) is 0 Å². The lowest BCUT2D eigenvalue weighted by Crippen LogP contribution is -2.08. The third kappa shape index (κ3) is 1.37. The third-order valence-corrected chi connectivity index (χ3v) is 2.28. The number of hydrogen-bond donors (Lipinski definition) is 2. The predicted molar refractivity (Wildman–Crippen MR) is 50.2 cm³/mol. The number of carboxylic acid groups (broad SMARTS) is 1. The smallest absolute Gasteiger partial charge is 0.335 e. The Bertz CT molecular complexity index is 360. The van der Waals surface area contributed by atoms with Gasteiger partial charge >= 0.3 is 5.97 Å². The van der Waals surface area contributed by atoms with Crippen molar-refractivity contribution in [3.63, 3.8) is 0 Å². The molecule has 1 aliphatic rings. The van der Waals surface area contributed by atoms with E-state index in [2.05, 4.69) is 12.2 Å². The molecule has 1 aromatic rings. The zero-order chi connectivity index (χ0) is 9.42. The van der Waals surface area contributed by atoms with Crippen LogP contribution in [0.1, 0.15) is 22.8 Å². The van der Waals surface area contributed by atoms with Crippen LogP contribution in [0.4, 0.5) is 5.69 Å². The summed E-state index contributed by atoms with van der Waals surface area (Å²) in [5.74, 6) is -0.859. The summed E-state index contributed by atoms with van der Waals surface area (Å²) in [6.45, 7) is 2.08. The summed E-state index contributed by atoms with van der Waals surface area (Å²) in [6, 6.07) is 5.63. The molecule has 2 rings (SSSR count). The van der Waals surface area contributed by atoms with Crippen molar-refractivity contribution >= 4 is 11.7 Å². The van der Waals surface area contributed by atoms with Gasteiger partial charge in [-0.1, -0.05) is 0 Å². The molecule has 1 aromatic carbocycles. The Morgan fingerprint density at radius 3 is 3.08 bits per heavy atom. The number of fused-ring (bicyclic) bond motifs is 1. The Balaban J connectivity index is 2.40. The lowest BCUT2D eigenvalue weighted by molar-refractivity contribution is 0.0697. The van der Waals surface area contributed by atoms with Crippen molar-refractivity contribution in [1.29, 1.82) is 0 Å². The number of aromatic carboxylic acids is 1. The van der Waals surface area contributed by atoms with Gasteiger partial charge < -0.3 is 10.4 Å². The highest BCUT2D eigenvalue weighted by molar-refractivity contribution is 5.88. The number of rotatable bonds is 1. The first-order valence-electron chi connectivity index (χ1n) is 4.29. The van der Waals surface area contributed by atoms with Crippen LogP contribution in [0.5, 0.6) is 0 Å². The van der Waals surface area contributed by atoms with E-state index in [-0.39, 0.29) is 0 Å². The van der Waals surface area contributed by atoms with Crippen LogP contribution in [-0.4, -0.2) is 17.1 Å². The van der Waals surface area contributed by atoms with Crippen molar-refractivity contribution in [3.05, 3.63) is 29.3 Å². The van der Waals surface area contributed by atoms with E-state index in [1.165, 1.54) is 0 Å². The van der Waals surface area contributed by atoms with Crippen LogP contribution in [0.3, 0.4) is 0 Å². The normalized spacial score (nSPS) is 19.3. The molecule has 1 atom stereocenters. The van der Waals surface area contributed by atoms with E-state index in [0.717, 1.165) is 17.7 Å². The average molecular weight is 177 g/mol. The van der Waals surface area contributed by atoms with E-state index >= 15 is 0 Å². The van der Waals surface area contributed by atoms with Gasteiger partial charge in [-0.25, -0.2) is 4.79 Å². The van der Waals surface area contributed by atoms with Crippen LogP contribution in [0.25, 0.3) is 0 Å². The van der Waals surface area contributed by atoms with Gasteiger partial charge in [0, 0.05) is 11.7 Å². The van der Waals surface area contributed by atoms with Crippen molar-refractivity contribution in [2.75, 3.05) is 5.32 Å². The number of anilines is 1. The third-order valence-electron chi connectivity index (χ3n) is 2.28. The fourth-order valence-corrected chi connectivity index (χ4v) is 1.68. The molecule has 0 aromatic heterocycles. The van der Waals surface area contributed by atoms with Crippen LogP contribution < -0.4 is 5.32 Å². The summed E-state index contributed by atoms with van der Waals surface area (Å²) in [5, 5.41) is 12.0. The average Bonchev–Trinajstić information content (AvgIpc) is 2.42. The fourth-order valence-electron chi connectivity index (χ4n) is 1.68. The van der Waals surface area contributed by atoms with Crippen LogP contribution in [0, 0.1) is 0 Å². The summed E-state index contributed by atoms with van der Waals surface area (Å²) >= 11 is 0. The quantitative estimate of drug-likeness (QED) is 0.687. The Kier molecular flexibility index (Phi) is 1.72. The van der Waals surface area contributed by atoms with Gasteiger partial charge in [0.25, 0.3) is 0 Å². The first-order chi connectivity index (χ1) is 6.16. The van der Waals surface area contributed by atoms with E-state index in [9.17, 15) is 4.79 Å². The number of carboxylic acids is 1. The molecular formula is C10H11NO2. The van der Waals surface area contributed by atoms with Crippen LogP contribution in [-0.2, 0) is 6.42 Å². The summed E-state index contributed by atoms with van der Waals surface area (Å²) in [4.78, 5) is 10.7. The fraction of sp³-hybridized carbons (Fsp3) is 0.300. The van der Waals surface area contributed by atoms with E-state index < -0.39 is 5.97 Å². The molecule has 2 N–H and O–H groups in total.